The van der Waals surface area contributed by atoms with Crippen molar-refractivity contribution in [3.8, 4) is 67.5 Å². The molecule has 0 saturated heterocycles. The van der Waals surface area contributed by atoms with E-state index in [0.29, 0.717) is 17.5 Å². The highest BCUT2D eigenvalue weighted by molar-refractivity contribution is 6.25. The maximum absolute atomic E-state index is 6.81. The zero-order valence-corrected chi connectivity index (χ0v) is 40.1. The summed E-state index contributed by atoms with van der Waals surface area (Å²) < 4.78 is 6.81. The van der Waals surface area contributed by atoms with Crippen molar-refractivity contribution in [3.05, 3.63) is 267 Å². The Labute approximate surface area is 428 Å². The number of para-hydroxylation sites is 1. The summed E-state index contributed by atoms with van der Waals surface area (Å²) in [5, 5.41) is 9.47. The van der Waals surface area contributed by atoms with Gasteiger partial charge in [-0.1, -0.05) is 212 Å². The molecule has 2 heterocycles. The normalized spacial score (nSPS) is 11.5. The number of aromatic nitrogens is 3. The predicted molar refractivity (Wildman–Crippen MR) is 307 cm³/mol. The van der Waals surface area contributed by atoms with Crippen LogP contribution < -0.4 is 4.90 Å². The smallest absolute Gasteiger partial charge is 0.164 e. The van der Waals surface area contributed by atoms with Gasteiger partial charge in [0.25, 0.3) is 0 Å². The van der Waals surface area contributed by atoms with Crippen LogP contribution in [0.25, 0.3) is 122 Å². The van der Waals surface area contributed by atoms with E-state index in [0.717, 1.165) is 89.1 Å². The number of hydrogen-bond donors (Lipinski definition) is 0. The SMILES string of the molecule is c1ccc(-c2ccc(N(c3ccc(-c4ccccc4)cc3)c3cc(-c4nc(-c5ccccc5)nc(-c5cccc(-c6ccc7c8ccccc8c8ccccc8c7c6)c5)n4)cc4oc5ccccc5c34)cc2)cc1. The van der Waals surface area contributed by atoms with Crippen molar-refractivity contribution in [1.29, 1.82) is 0 Å². The van der Waals surface area contributed by atoms with E-state index in [9.17, 15) is 0 Å². The van der Waals surface area contributed by atoms with Crippen molar-refractivity contribution in [1.82, 2.24) is 15.0 Å². The summed E-state index contributed by atoms with van der Waals surface area (Å²) in [6.45, 7) is 0. The molecule has 2 aromatic heterocycles. The summed E-state index contributed by atoms with van der Waals surface area (Å²) in [4.78, 5) is 18.2. The first kappa shape index (κ1) is 42.9. The molecule has 0 aliphatic heterocycles. The van der Waals surface area contributed by atoms with Crippen LogP contribution in [0.1, 0.15) is 0 Å². The lowest BCUT2D eigenvalue weighted by Crippen LogP contribution is -2.11. The quantitative estimate of drug-likeness (QED) is 0.135. The maximum Gasteiger partial charge on any atom is 0.164 e. The molecule has 14 rings (SSSR count). The van der Waals surface area contributed by atoms with Crippen LogP contribution in [-0.4, -0.2) is 15.0 Å². The van der Waals surface area contributed by atoms with E-state index in [2.05, 4.69) is 241 Å². The van der Waals surface area contributed by atoms with Crippen LogP contribution >= 0.6 is 0 Å². The topological polar surface area (TPSA) is 55.1 Å². The van der Waals surface area contributed by atoms with E-state index in [4.69, 9.17) is 19.4 Å². The number of rotatable bonds is 9. The maximum atomic E-state index is 6.81. The minimum atomic E-state index is 0.533. The number of anilines is 3. The van der Waals surface area contributed by atoms with Crippen molar-refractivity contribution < 1.29 is 4.42 Å². The minimum Gasteiger partial charge on any atom is -0.456 e. The third-order valence-corrected chi connectivity index (χ3v) is 14.3. The Morgan fingerprint density at radius 2 is 0.649 bits per heavy atom. The second-order valence-corrected chi connectivity index (χ2v) is 18.7. The van der Waals surface area contributed by atoms with E-state index in [1.54, 1.807) is 0 Å². The Balaban J connectivity index is 0.951. The molecular formula is C69H44N4O. The van der Waals surface area contributed by atoms with Gasteiger partial charge in [0.15, 0.2) is 17.5 Å². The van der Waals surface area contributed by atoms with Crippen LogP contribution in [0.3, 0.4) is 0 Å². The second-order valence-electron chi connectivity index (χ2n) is 18.7. The largest absolute Gasteiger partial charge is 0.456 e. The molecule has 5 heteroatoms. The first-order chi connectivity index (χ1) is 36.7. The molecular weight excluding hydrogens is 901 g/mol. The van der Waals surface area contributed by atoms with Crippen molar-refractivity contribution in [2.45, 2.75) is 0 Å². The van der Waals surface area contributed by atoms with Gasteiger partial charge in [-0.3, -0.25) is 0 Å². The monoisotopic (exact) mass is 944 g/mol. The fraction of sp³-hybridized carbons (Fsp3) is 0. The van der Waals surface area contributed by atoms with Crippen LogP contribution in [0.15, 0.2) is 271 Å². The van der Waals surface area contributed by atoms with Crippen molar-refractivity contribution in [2.24, 2.45) is 0 Å². The average Bonchev–Trinajstić information content (AvgIpc) is 3.87. The van der Waals surface area contributed by atoms with E-state index in [1.165, 1.54) is 32.3 Å². The fourth-order valence-electron chi connectivity index (χ4n) is 10.7. The lowest BCUT2D eigenvalue weighted by atomic mass is 9.92. The van der Waals surface area contributed by atoms with Gasteiger partial charge in [0.05, 0.1) is 11.1 Å². The Kier molecular flexibility index (Phi) is 10.4. The number of benzene rings is 12. The molecule has 0 N–H and O–H groups in total. The molecule has 346 valence electrons. The number of hydrogen-bond acceptors (Lipinski definition) is 5. The molecule has 0 bridgehead atoms. The summed E-state index contributed by atoms with van der Waals surface area (Å²) in [6.07, 6.45) is 0. The summed E-state index contributed by atoms with van der Waals surface area (Å²) in [5.41, 5.74) is 13.8. The molecule has 0 spiro atoms. The Hall–Kier alpha value is -9.97. The number of furan rings is 1. The Morgan fingerprint density at radius 3 is 1.23 bits per heavy atom. The molecule has 5 nitrogen and oxygen atoms in total. The highest BCUT2D eigenvalue weighted by Crippen LogP contribution is 2.46. The van der Waals surface area contributed by atoms with Gasteiger partial charge < -0.3 is 9.32 Å². The molecule has 0 aliphatic carbocycles. The van der Waals surface area contributed by atoms with E-state index in [1.807, 2.05) is 30.3 Å². The predicted octanol–water partition coefficient (Wildman–Crippen LogP) is 18.7. The number of nitrogens with zero attached hydrogens (tertiary/aromatic N) is 4. The molecule has 74 heavy (non-hydrogen) atoms. The van der Waals surface area contributed by atoms with E-state index < -0.39 is 0 Å². The highest BCUT2D eigenvalue weighted by atomic mass is 16.3. The lowest BCUT2D eigenvalue weighted by molar-refractivity contribution is 0.669. The molecule has 14 aromatic rings. The van der Waals surface area contributed by atoms with Gasteiger partial charge in [-0.25, -0.2) is 15.0 Å². The fourth-order valence-corrected chi connectivity index (χ4v) is 10.7. The molecule has 0 atom stereocenters. The van der Waals surface area contributed by atoms with Gasteiger partial charge in [0, 0.05) is 33.5 Å². The summed E-state index contributed by atoms with van der Waals surface area (Å²) >= 11 is 0. The average molecular weight is 945 g/mol. The first-order valence-corrected chi connectivity index (χ1v) is 25.0. The zero-order valence-electron chi connectivity index (χ0n) is 40.1. The lowest BCUT2D eigenvalue weighted by Gasteiger charge is -2.27. The molecule has 0 fully saturated rings. The highest BCUT2D eigenvalue weighted by Gasteiger charge is 2.24. The van der Waals surface area contributed by atoms with Gasteiger partial charge in [0.2, 0.25) is 0 Å². The first-order valence-electron chi connectivity index (χ1n) is 25.0. The van der Waals surface area contributed by atoms with Crippen LogP contribution in [0.4, 0.5) is 17.1 Å². The van der Waals surface area contributed by atoms with Gasteiger partial charge >= 0.3 is 0 Å². The molecule has 0 amide bonds. The van der Waals surface area contributed by atoms with Crippen LogP contribution in [0, 0.1) is 0 Å². The third kappa shape index (κ3) is 7.63. The van der Waals surface area contributed by atoms with Crippen LogP contribution in [-0.2, 0) is 0 Å². The van der Waals surface area contributed by atoms with Crippen LogP contribution in [0.2, 0.25) is 0 Å². The minimum absolute atomic E-state index is 0.533. The Bertz CT molecular complexity index is 4280. The standard InChI is InChI=1S/C69H44N4O/c1-4-17-45(18-5-1)47-31-36-54(37-32-47)73(55-38-33-48(34-39-55)46-19-6-2-7-20-46)63-43-53(44-65-66(63)61-29-14-15-30-64(61)74-65)69-71-67(49-21-8-3-9-22-49)70-68(72-69)52-24-16-23-50(41-52)51-35-40-60-58-27-11-10-25-56(58)57-26-12-13-28-59(57)62(60)42-51/h1-44H. The van der Waals surface area contributed by atoms with E-state index in [-0.39, 0.29) is 0 Å². The van der Waals surface area contributed by atoms with Crippen molar-refractivity contribution >= 4 is 71.3 Å². The molecule has 0 unspecified atom stereocenters. The van der Waals surface area contributed by atoms with E-state index >= 15 is 0 Å². The summed E-state index contributed by atoms with van der Waals surface area (Å²) in [6, 6.07) is 94.2. The summed E-state index contributed by atoms with van der Waals surface area (Å²) in [7, 11) is 0. The zero-order chi connectivity index (χ0) is 49.0. The van der Waals surface area contributed by atoms with Crippen molar-refractivity contribution in [3.63, 3.8) is 0 Å². The van der Waals surface area contributed by atoms with Crippen molar-refractivity contribution in [2.75, 3.05) is 4.90 Å². The third-order valence-electron chi connectivity index (χ3n) is 14.3. The van der Waals surface area contributed by atoms with Crippen LogP contribution in [0.5, 0.6) is 0 Å². The van der Waals surface area contributed by atoms with Gasteiger partial charge in [0.1, 0.15) is 11.2 Å². The molecule has 12 aromatic carbocycles. The summed E-state index contributed by atoms with van der Waals surface area (Å²) in [5.74, 6) is 1.69. The van der Waals surface area contributed by atoms with Gasteiger partial charge in [-0.2, -0.15) is 0 Å². The molecule has 0 aliphatic rings. The number of fused-ring (bicyclic) bond motifs is 9. The Morgan fingerprint density at radius 1 is 0.243 bits per heavy atom. The molecule has 0 saturated carbocycles. The molecule has 0 radical (unpaired) electrons. The second kappa shape index (κ2) is 18.0. The van der Waals surface area contributed by atoms with Gasteiger partial charge in [-0.15, -0.1) is 0 Å². The van der Waals surface area contributed by atoms with Gasteiger partial charge in [-0.05, 0) is 120 Å².